The average Bonchev–Trinajstić information content (AvgIpc) is 2.31. The summed E-state index contributed by atoms with van der Waals surface area (Å²) in [6.07, 6.45) is 0.653. The number of rotatable bonds is 4. The first kappa shape index (κ1) is 12.5. The van der Waals surface area contributed by atoms with Crippen molar-refractivity contribution in [2.45, 2.75) is 20.0 Å². The number of carbonyl (C=O) groups excluding carboxylic acids is 1. The summed E-state index contributed by atoms with van der Waals surface area (Å²) in [5, 5.41) is 10.0. The molecule has 0 unspecified atom stereocenters. The fourth-order valence-electron chi connectivity index (χ4n) is 1.42. The van der Waals surface area contributed by atoms with Crippen LogP contribution in [0.5, 0.6) is 0 Å². The predicted octanol–water partition coefficient (Wildman–Crippen LogP) is 2.23. The third-order valence-corrected chi connectivity index (χ3v) is 2.23. The highest BCUT2D eigenvalue weighted by atomic mass is 16.5. The number of ether oxygens (including phenoxy) is 1. The van der Waals surface area contributed by atoms with Crippen LogP contribution in [0.4, 0.5) is 0 Å². The lowest BCUT2D eigenvalue weighted by atomic mass is 10.0. The summed E-state index contributed by atoms with van der Waals surface area (Å²) in [5.41, 5.74) is 0.955. The maximum absolute atomic E-state index is 11.5. The zero-order valence-electron chi connectivity index (χ0n) is 9.51. The molecule has 0 aliphatic heterocycles. The lowest BCUT2D eigenvalue weighted by molar-refractivity contribution is -0.139. The number of hydrogen-bond acceptors (Lipinski definition) is 3. The first-order valence-corrected chi connectivity index (χ1v) is 5.27. The number of esters is 1. The van der Waals surface area contributed by atoms with Crippen molar-refractivity contribution in [2.24, 2.45) is 0 Å². The zero-order valence-corrected chi connectivity index (χ0v) is 9.51. The van der Waals surface area contributed by atoms with Crippen molar-refractivity contribution in [3.63, 3.8) is 0 Å². The van der Waals surface area contributed by atoms with Gasteiger partial charge in [-0.1, -0.05) is 36.4 Å². The molecule has 0 saturated heterocycles. The van der Waals surface area contributed by atoms with Crippen LogP contribution >= 0.6 is 0 Å². The van der Waals surface area contributed by atoms with Crippen LogP contribution < -0.4 is 0 Å². The summed E-state index contributed by atoms with van der Waals surface area (Å²) in [7, 11) is 0. The van der Waals surface area contributed by atoms with E-state index in [1.165, 1.54) is 0 Å². The van der Waals surface area contributed by atoms with E-state index in [1.807, 2.05) is 18.2 Å². The molecule has 0 amide bonds. The highest BCUT2D eigenvalue weighted by Gasteiger charge is 2.20. The highest BCUT2D eigenvalue weighted by Crippen LogP contribution is 2.22. The van der Waals surface area contributed by atoms with Crippen LogP contribution in [0.1, 0.15) is 25.5 Å². The highest BCUT2D eigenvalue weighted by molar-refractivity contribution is 5.89. The largest absolute Gasteiger partial charge is 0.463 e. The van der Waals surface area contributed by atoms with E-state index in [0.29, 0.717) is 12.2 Å². The van der Waals surface area contributed by atoms with Crippen LogP contribution in [0.2, 0.25) is 0 Å². The Balaban J connectivity index is 2.87. The van der Waals surface area contributed by atoms with Gasteiger partial charge < -0.3 is 9.84 Å². The molecule has 0 aliphatic carbocycles. The second kappa shape index (κ2) is 6.08. The van der Waals surface area contributed by atoms with Crippen LogP contribution in [0.25, 0.3) is 0 Å². The minimum Gasteiger partial charge on any atom is -0.463 e. The van der Waals surface area contributed by atoms with Gasteiger partial charge in [-0.2, -0.15) is 0 Å². The quantitative estimate of drug-likeness (QED) is 0.625. The second-order valence-electron chi connectivity index (χ2n) is 3.28. The van der Waals surface area contributed by atoms with Crippen molar-refractivity contribution < 1.29 is 14.6 Å². The van der Waals surface area contributed by atoms with Crippen molar-refractivity contribution in [1.82, 2.24) is 0 Å². The van der Waals surface area contributed by atoms with E-state index in [4.69, 9.17) is 4.74 Å². The molecule has 0 aromatic heterocycles. The van der Waals surface area contributed by atoms with E-state index in [9.17, 15) is 9.90 Å². The minimum absolute atomic E-state index is 0.271. The third kappa shape index (κ3) is 2.94. The van der Waals surface area contributed by atoms with E-state index in [-0.39, 0.29) is 5.57 Å². The van der Waals surface area contributed by atoms with Gasteiger partial charge in [0.05, 0.1) is 12.2 Å². The van der Waals surface area contributed by atoms with Gasteiger partial charge in [0.25, 0.3) is 0 Å². The molecule has 16 heavy (non-hydrogen) atoms. The summed E-state index contributed by atoms with van der Waals surface area (Å²) in [6.45, 7) is 3.75. The Morgan fingerprint density at radius 3 is 2.56 bits per heavy atom. The SMILES string of the molecule is C/C=C(\C(=O)OCC)[C@@H](O)c1ccccc1. The van der Waals surface area contributed by atoms with E-state index >= 15 is 0 Å². The second-order valence-corrected chi connectivity index (χ2v) is 3.28. The molecular weight excluding hydrogens is 204 g/mol. The van der Waals surface area contributed by atoms with Crippen molar-refractivity contribution in [2.75, 3.05) is 6.61 Å². The lowest BCUT2D eigenvalue weighted by Gasteiger charge is -2.13. The zero-order chi connectivity index (χ0) is 12.0. The summed E-state index contributed by atoms with van der Waals surface area (Å²) in [4.78, 5) is 11.5. The number of aliphatic hydroxyl groups excluding tert-OH is 1. The Morgan fingerprint density at radius 2 is 2.06 bits per heavy atom. The Bertz CT molecular complexity index is 368. The molecule has 0 radical (unpaired) electrons. The molecule has 1 rings (SSSR count). The summed E-state index contributed by atoms with van der Waals surface area (Å²) < 4.78 is 4.87. The van der Waals surface area contributed by atoms with Crippen molar-refractivity contribution in [3.05, 3.63) is 47.5 Å². The van der Waals surface area contributed by atoms with Gasteiger partial charge >= 0.3 is 5.97 Å². The minimum atomic E-state index is -0.926. The third-order valence-electron chi connectivity index (χ3n) is 2.23. The van der Waals surface area contributed by atoms with Crippen LogP contribution in [0.3, 0.4) is 0 Å². The van der Waals surface area contributed by atoms with Gasteiger partial charge in [-0.05, 0) is 19.4 Å². The summed E-state index contributed by atoms with van der Waals surface area (Å²) in [5.74, 6) is -0.471. The fraction of sp³-hybridized carbons (Fsp3) is 0.308. The number of aliphatic hydroxyl groups is 1. The Labute approximate surface area is 95.4 Å². The number of benzene rings is 1. The van der Waals surface area contributed by atoms with Crippen molar-refractivity contribution in [1.29, 1.82) is 0 Å². The monoisotopic (exact) mass is 220 g/mol. The van der Waals surface area contributed by atoms with E-state index in [0.717, 1.165) is 0 Å². The van der Waals surface area contributed by atoms with Gasteiger partial charge in [0.2, 0.25) is 0 Å². The topological polar surface area (TPSA) is 46.5 Å². The molecule has 3 heteroatoms. The fourth-order valence-corrected chi connectivity index (χ4v) is 1.42. The Hall–Kier alpha value is -1.61. The first-order chi connectivity index (χ1) is 7.70. The predicted molar refractivity (Wildman–Crippen MR) is 61.8 cm³/mol. The number of carbonyl (C=O) groups is 1. The summed E-state index contributed by atoms with van der Waals surface area (Å²) >= 11 is 0. The van der Waals surface area contributed by atoms with Gasteiger partial charge in [0.15, 0.2) is 0 Å². The number of hydrogen-bond donors (Lipinski definition) is 1. The first-order valence-electron chi connectivity index (χ1n) is 5.27. The molecule has 0 saturated carbocycles. The van der Waals surface area contributed by atoms with E-state index in [1.54, 1.807) is 32.1 Å². The molecule has 1 atom stereocenters. The van der Waals surface area contributed by atoms with Crippen LogP contribution in [0, 0.1) is 0 Å². The summed E-state index contributed by atoms with van der Waals surface area (Å²) in [6, 6.07) is 9.03. The molecule has 86 valence electrons. The van der Waals surface area contributed by atoms with Gasteiger partial charge in [0.1, 0.15) is 6.10 Å². The average molecular weight is 220 g/mol. The standard InChI is InChI=1S/C13H16O3/c1-3-11(13(15)16-4-2)12(14)10-8-6-5-7-9-10/h3,5-9,12,14H,4H2,1-2H3/b11-3-/t12-/m0/s1. The molecule has 1 N–H and O–H groups in total. The molecular formula is C13H16O3. The van der Waals surface area contributed by atoms with Crippen LogP contribution in [-0.4, -0.2) is 17.7 Å². The molecule has 1 aromatic carbocycles. The molecule has 0 heterocycles. The van der Waals surface area contributed by atoms with E-state index < -0.39 is 12.1 Å². The molecule has 0 bridgehead atoms. The molecule has 0 fully saturated rings. The smallest absolute Gasteiger partial charge is 0.336 e. The van der Waals surface area contributed by atoms with Gasteiger partial charge in [-0.15, -0.1) is 0 Å². The van der Waals surface area contributed by atoms with Gasteiger partial charge in [-0.25, -0.2) is 4.79 Å². The van der Waals surface area contributed by atoms with E-state index in [2.05, 4.69) is 0 Å². The Kier molecular flexibility index (Phi) is 4.73. The van der Waals surface area contributed by atoms with Gasteiger partial charge in [0, 0.05) is 0 Å². The van der Waals surface area contributed by atoms with Crippen LogP contribution in [-0.2, 0) is 9.53 Å². The molecule has 0 spiro atoms. The molecule has 0 aliphatic rings. The molecule has 1 aromatic rings. The molecule has 3 nitrogen and oxygen atoms in total. The van der Waals surface area contributed by atoms with Crippen LogP contribution in [0.15, 0.2) is 42.0 Å². The van der Waals surface area contributed by atoms with Crippen molar-refractivity contribution >= 4 is 5.97 Å². The normalized spacial score (nSPS) is 13.3. The maximum atomic E-state index is 11.5. The number of allylic oxidation sites excluding steroid dienone is 1. The maximum Gasteiger partial charge on any atom is 0.336 e. The van der Waals surface area contributed by atoms with Crippen molar-refractivity contribution in [3.8, 4) is 0 Å². The lowest BCUT2D eigenvalue weighted by Crippen LogP contribution is -2.14. The Morgan fingerprint density at radius 1 is 1.44 bits per heavy atom. The van der Waals surface area contributed by atoms with Gasteiger partial charge in [-0.3, -0.25) is 0 Å².